The van der Waals surface area contributed by atoms with Crippen LogP contribution in [0.3, 0.4) is 0 Å². The lowest BCUT2D eigenvalue weighted by Crippen LogP contribution is -2.42. The topological polar surface area (TPSA) is 63.2 Å². The highest BCUT2D eigenvalue weighted by atomic mass is 32.2. The van der Waals surface area contributed by atoms with E-state index in [4.69, 9.17) is 10.7 Å². The summed E-state index contributed by atoms with van der Waals surface area (Å²) in [5.74, 6) is 0.932. The maximum atomic E-state index is 8.90. The molecule has 0 saturated carbocycles. The molecule has 0 fully saturated rings. The van der Waals surface area contributed by atoms with Crippen molar-refractivity contribution in [1.29, 1.82) is 10.7 Å². The number of hydrogen-bond acceptors (Lipinski definition) is 4. The Bertz CT molecular complexity index is 862. The van der Waals surface area contributed by atoms with Gasteiger partial charge < -0.3 is 4.90 Å². The molecule has 0 aromatic heterocycles. The molecule has 23 heavy (non-hydrogen) atoms. The Morgan fingerprint density at radius 2 is 1.91 bits per heavy atom. The Morgan fingerprint density at radius 3 is 2.70 bits per heavy atom. The zero-order chi connectivity index (χ0) is 15.8. The van der Waals surface area contributed by atoms with Crippen LogP contribution >= 0.6 is 11.8 Å². The average molecular weight is 318 g/mol. The number of hydrogen-bond donors (Lipinski definition) is 1. The van der Waals surface area contributed by atoms with E-state index in [2.05, 4.69) is 29.3 Å². The van der Waals surface area contributed by atoms with Gasteiger partial charge in [-0.05, 0) is 41.8 Å². The van der Waals surface area contributed by atoms with Gasteiger partial charge in [-0.1, -0.05) is 30.0 Å². The monoisotopic (exact) mass is 318 g/mol. The minimum Gasteiger partial charge on any atom is -0.305 e. The van der Waals surface area contributed by atoms with Crippen LogP contribution in [0.15, 0.2) is 52.4 Å². The van der Waals surface area contributed by atoms with E-state index in [-0.39, 0.29) is 0 Å². The number of aliphatic imine (C=N–C) groups is 1. The fourth-order valence-electron chi connectivity index (χ4n) is 2.90. The smallest absolute Gasteiger partial charge is 0.166 e. The van der Waals surface area contributed by atoms with Gasteiger partial charge >= 0.3 is 0 Å². The van der Waals surface area contributed by atoms with Gasteiger partial charge in [0.1, 0.15) is 5.84 Å². The van der Waals surface area contributed by atoms with Crippen LogP contribution in [-0.4, -0.2) is 29.0 Å². The molecule has 2 heterocycles. The second-order valence-corrected chi connectivity index (χ2v) is 6.55. The van der Waals surface area contributed by atoms with E-state index >= 15 is 0 Å². The molecule has 0 bridgehead atoms. The summed E-state index contributed by atoms with van der Waals surface area (Å²) in [7, 11) is 0. The van der Waals surface area contributed by atoms with Crippen LogP contribution in [0.25, 0.3) is 11.1 Å². The van der Waals surface area contributed by atoms with Crippen molar-refractivity contribution in [3.8, 4) is 17.2 Å². The summed E-state index contributed by atoms with van der Waals surface area (Å²) in [6, 6.07) is 16.0. The number of nitriles is 1. The molecule has 2 aliphatic heterocycles. The molecule has 0 atom stereocenters. The van der Waals surface area contributed by atoms with Crippen molar-refractivity contribution >= 4 is 22.8 Å². The minimum atomic E-state index is 0.549. The molecular formula is C18H14N4S. The van der Waals surface area contributed by atoms with Crippen molar-refractivity contribution in [1.82, 2.24) is 4.90 Å². The summed E-state index contributed by atoms with van der Waals surface area (Å²) in [6.07, 6.45) is 1.01. The number of rotatable bonds is 1. The van der Waals surface area contributed by atoms with Gasteiger partial charge in [0.15, 0.2) is 5.17 Å². The van der Waals surface area contributed by atoms with Crippen molar-refractivity contribution in [3.63, 3.8) is 0 Å². The number of benzene rings is 2. The van der Waals surface area contributed by atoms with Gasteiger partial charge in [-0.25, -0.2) is 0 Å². The standard InChI is InChI=1S/C18H14N4S/c19-11-12-2-4-13(5-3-12)14-6-7-15-16(10-14)23-18(20)22-9-1-8-21-17(15)22/h2-7,10,20H,1,8-9H2. The summed E-state index contributed by atoms with van der Waals surface area (Å²) < 4.78 is 0. The van der Waals surface area contributed by atoms with Crippen molar-refractivity contribution in [2.24, 2.45) is 4.99 Å². The lowest BCUT2D eigenvalue weighted by Gasteiger charge is -2.34. The summed E-state index contributed by atoms with van der Waals surface area (Å²) in [6.45, 7) is 1.71. The van der Waals surface area contributed by atoms with Gasteiger partial charge in [0, 0.05) is 23.5 Å². The lowest BCUT2D eigenvalue weighted by molar-refractivity contribution is 0.552. The van der Waals surface area contributed by atoms with Crippen molar-refractivity contribution in [2.45, 2.75) is 11.3 Å². The van der Waals surface area contributed by atoms with E-state index in [0.29, 0.717) is 10.7 Å². The van der Waals surface area contributed by atoms with Crippen LogP contribution in [0.4, 0.5) is 0 Å². The third kappa shape index (κ3) is 2.41. The number of amidine groups is 2. The molecule has 1 N–H and O–H groups in total. The number of fused-ring (bicyclic) bond motifs is 3. The van der Waals surface area contributed by atoms with Crippen molar-refractivity contribution in [2.75, 3.05) is 13.1 Å². The first kappa shape index (κ1) is 14.0. The fourth-order valence-corrected chi connectivity index (χ4v) is 3.85. The second kappa shape index (κ2) is 5.56. The lowest BCUT2D eigenvalue weighted by atomic mass is 10.0. The maximum absolute atomic E-state index is 8.90. The normalized spacial score (nSPS) is 16.2. The Labute approximate surface area is 139 Å². The third-order valence-corrected chi connectivity index (χ3v) is 5.05. The van der Waals surface area contributed by atoms with Gasteiger partial charge in [0.2, 0.25) is 0 Å². The highest BCUT2D eigenvalue weighted by Crippen LogP contribution is 2.36. The SMILES string of the molecule is N#Cc1ccc(-c2ccc3c(c2)SC(=N)N2CCCN=C32)cc1. The zero-order valence-corrected chi connectivity index (χ0v) is 13.2. The van der Waals surface area contributed by atoms with E-state index in [9.17, 15) is 0 Å². The van der Waals surface area contributed by atoms with E-state index in [1.165, 1.54) is 11.8 Å². The molecule has 5 heteroatoms. The number of thioether (sulfide) groups is 1. The van der Waals surface area contributed by atoms with Crippen LogP contribution in [-0.2, 0) is 0 Å². The molecule has 0 aliphatic carbocycles. The molecule has 0 unspecified atom stereocenters. The summed E-state index contributed by atoms with van der Waals surface area (Å²) in [5.41, 5.74) is 3.95. The van der Waals surface area contributed by atoms with Gasteiger partial charge in [-0.2, -0.15) is 5.26 Å². The first-order chi connectivity index (χ1) is 11.3. The Balaban J connectivity index is 1.76. The van der Waals surface area contributed by atoms with Gasteiger partial charge in [0.25, 0.3) is 0 Å². The molecule has 4 nitrogen and oxygen atoms in total. The molecule has 0 saturated heterocycles. The zero-order valence-electron chi connectivity index (χ0n) is 12.4. The predicted molar refractivity (Wildman–Crippen MR) is 92.9 cm³/mol. The minimum absolute atomic E-state index is 0.549. The molecule has 0 spiro atoms. The third-order valence-electron chi connectivity index (χ3n) is 4.08. The summed E-state index contributed by atoms with van der Waals surface area (Å²) >= 11 is 1.49. The predicted octanol–water partition coefficient (Wildman–Crippen LogP) is 3.72. The highest BCUT2D eigenvalue weighted by molar-refractivity contribution is 8.14. The number of nitrogens with one attached hydrogen (secondary N) is 1. The Morgan fingerprint density at radius 1 is 1.13 bits per heavy atom. The molecule has 2 aromatic carbocycles. The average Bonchev–Trinajstić information content (AvgIpc) is 2.61. The largest absolute Gasteiger partial charge is 0.305 e. The first-order valence-corrected chi connectivity index (χ1v) is 8.31. The molecule has 2 aliphatic rings. The first-order valence-electron chi connectivity index (χ1n) is 7.49. The quantitative estimate of drug-likeness (QED) is 0.871. The van der Waals surface area contributed by atoms with E-state index in [1.54, 1.807) is 0 Å². The van der Waals surface area contributed by atoms with Gasteiger partial charge in [0.05, 0.1) is 11.6 Å². The fraction of sp³-hybridized carbons (Fsp3) is 0.167. The van der Waals surface area contributed by atoms with Crippen LogP contribution in [0.5, 0.6) is 0 Å². The highest BCUT2D eigenvalue weighted by Gasteiger charge is 2.29. The van der Waals surface area contributed by atoms with Crippen molar-refractivity contribution in [3.05, 3.63) is 53.6 Å². The van der Waals surface area contributed by atoms with Gasteiger partial charge in [-0.3, -0.25) is 10.4 Å². The van der Waals surface area contributed by atoms with Crippen molar-refractivity contribution < 1.29 is 0 Å². The Hall–Kier alpha value is -2.58. The van der Waals surface area contributed by atoms with E-state index in [1.807, 2.05) is 29.2 Å². The molecule has 2 aromatic rings. The molecule has 0 amide bonds. The summed E-state index contributed by atoms with van der Waals surface area (Å²) in [5, 5.41) is 17.7. The van der Waals surface area contributed by atoms with Crippen LogP contribution in [0, 0.1) is 16.7 Å². The van der Waals surface area contributed by atoms with Crippen LogP contribution in [0.1, 0.15) is 17.5 Å². The molecule has 4 rings (SSSR count). The van der Waals surface area contributed by atoms with Crippen LogP contribution < -0.4 is 0 Å². The molecule has 112 valence electrons. The number of nitrogens with zero attached hydrogens (tertiary/aromatic N) is 3. The van der Waals surface area contributed by atoms with Gasteiger partial charge in [-0.15, -0.1) is 0 Å². The van der Waals surface area contributed by atoms with E-state index < -0.39 is 0 Å². The van der Waals surface area contributed by atoms with E-state index in [0.717, 1.165) is 46.9 Å². The maximum Gasteiger partial charge on any atom is 0.166 e. The molecular weight excluding hydrogens is 304 g/mol. The Kier molecular flexibility index (Phi) is 3.40. The van der Waals surface area contributed by atoms with Crippen LogP contribution in [0.2, 0.25) is 0 Å². The summed E-state index contributed by atoms with van der Waals surface area (Å²) in [4.78, 5) is 7.70. The molecule has 0 radical (unpaired) electrons. The second-order valence-electron chi connectivity index (χ2n) is 5.52.